The molecule has 0 aromatic carbocycles. The van der Waals surface area contributed by atoms with Crippen molar-refractivity contribution in [2.45, 2.75) is 38.1 Å². The summed E-state index contributed by atoms with van der Waals surface area (Å²) >= 11 is 0. The molecule has 4 nitrogen and oxygen atoms in total. The zero-order valence-corrected chi connectivity index (χ0v) is 9.95. The van der Waals surface area contributed by atoms with Gasteiger partial charge in [-0.25, -0.2) is 0 Å². The number of rotatable bonds is 4. The molecule has 1 N–H and O–H groups in total. The van der Waals surface area contributed by atoms with E-state index in [4.69, 9.17) is 4.74 Å². The Morgan fingerprint density at radius 1 is 1.56 bits per heavy atom. The third-order valence-electron chi connectivity index (χ3n) is 4.24. The van der Waals surface area contributed by atoms with Crippen molar-refractivity contribution < 1.29 is 14.6 Å². The number of methoxy groups -OCH3 is 1. The molecule has 0 bridgehead atoms. The summed E-state index contributed by atoms with van der Waals surface area (Å²) in [5.41, 5.74) is 0.0166. The van der Waals surface area contributed by atoms with Gasteiger partial charge in [-0.2, -0.15) is 0 Å². The Morgan fingerprint density at radius 3 is 3.06 bits per heavy atom. The minimum atomic E-state index is 0.0166. The molecule has 2 aliphatic rings. The fourth-order valence-electron chi connectivity index (χ4n) is 3.29. The first-order valence-corrected chi connectivity index (χ1v) is 6.13. The molecule has 2 rings (SSSR count). The molecule has 0 unspecified atom stereocenters. The summed E-state index contributed by atoms with van der Waals surface area (Å²) in [5.74, 6) is 0.184. The van der Waals surface area contributed by atoms with Gasteiger partial charge in [-0.05, 0) is 19.3 Å². The zero-order valence-electron chi connectivity index (χ0n) is 9.95. The maximum absolute atomic E-state index is 12.0. The molecule has 0 radical (unpaired) electrons. The standard InChI is InChI=1S/C12H21NO3/c1-16-8-4-11(15)13-7-6-12(9-14)5-2-3-10(12)13/h10,14H,2-9H2,1H3/t10-,12-/m1/s1. The normalized spacial score (nSPS) is 33.1. The summed E-state index contributed by atoms with van der Waals surface area (Å²) in [6, 6.07) is 0.279. The van der Waals surface area contributed by atoms with Crippen LogP contribution < -0.4 is 0 Å². The van der Waals surface area contributed by atoms with Gasteiger partial charge in [0.25, 0.3) is 0 Å². The second-order valence-electron chi connectivity index (χ2n) is 5.01. The van der Waals surface area contributed by atoms with Crippen molar-refractivity contribution in [2.75, 3.05) is 26.9 Å². The Hall–Kier alpha value is -0.610. The van der Waals surface area contributed by atoms with E-state index < -0.39 is 0 Å². The van der Waals surface area contributed by atoms with E-state index in [1.807, 2.05) is 4.90 Å². The van der Waals surface area contributed by atoms with Gasteiger partial charge in [-0.3, -0.25) is 4.79 Å². The highest BCUT2D eigenvalue weighted by atomic mass is 16.5. The topological polar surface area (TPSA) is 49.8 Å². The van der Waals surface area contributed by atoms with E-state index in [1.165, 1.54) is 0 Å². The number of hydrogen-bond donors (Lipinski definition) is 1. The number of nitrogens with zero attached hydrogens (tertiary/aromatic N) is 1. The van der Waals surface area contributed by atoms with Gasteiger partial charge in [-0.1, -0.05) is 6.42 Å². The Kier molecular flexibility index (Phi) is 3.50. The summed E-state index contributed by atoms with van der Waals surface area (Å²) in [7, 11) is 1.62. The van der Waals surface area contributed by atoms with E-state index in [0.29, 0.717) is 13.0 Å². The number of fused-ring (bicyclic) bond motifs is 1. The molecule has 16 heavy (non-hydrogen) atoms. The fraction of sp³-hybridized carbons (Fsp3) is 0.917. The van der Waals surface area contributed by atoms with Crippen molar-refractivity contribution in [3.8, 4) is 0 Å². The van der Waals surface area contributed by atoms with Crippen LogP contribution in [0.4, 0.5) is 0 Å². The average molecular weight is 227 g/mol. The second kappa shape index (κ2) is 4.72. The van der Waals surface area contributed by atoms with Crippen LogP contribution in [-0.4, -0.2) is 48.8 Å². The lowest BCUT2D eigenvalue weighted by atomic mass is 9.83. The largest absolute Gasteiger partial charge is 0.396 e. The quantitative estimate of drug-likeness (QED) is 0.772. The fourth-order valence-corrected chi connectivity index (χ4v) is 3.29. The van der Waals surface area contributed by atoms with Gasteiger partial charge in [0.05, 0.1) is 19.6 Å². The average Bonchev–Trinajstić information content (AvgIpc) is 2.83. The molecule has 0 aromatic rings. The van der Waals surface area contributed by atoms with E-state index in [0.717, 1.165) is 32.2 Å². The van der Waals surface area contributed by atoms with Crippen LogP contribution in [0.5, 0.6) is 0 Å². The van der Waals surface area contributed by atoms with Gasteiger partial charge in [0.2, 0.25) is 5.91 Å². The maximum Gasteiger partial charge on any atom is 0.225 e. The predicted octanol–water partition coefficient (Wildman–Crippen LogP) is 0.786. The first kappa shape index (κ1) is 11.9. The summed E-state index contributed by atoms with van der Waals surface area (Å²) in [5, 5.41) is 9.54. The number of carbonyl (C=O) groups excluding carboxylic acids is 1. The molecule has 92 valence electrons. The molecule has 1 amide bonds. The van der Waals surface area contributed by atoms with Crippen molar-refractivity contribution in [1.82, 2.24) is 4.90 Å². The van der Waals surface area contributed by atoms with Gasteiger partial charge < -0.3 is 14.7 Å². The van der Waals surface area contributed by atoms with Crippen molar-refractivity contribution in [2.24, 2.45) is 5.41 Å². The SMILES string of the molecule is COCCC(=O)N1CC[C@@]2(CO)CCC[C@@H]12. The molecule has 2 atom stereocenters. The van der Waals surface area contributed by atoms with Crippen LogP contribution in [0.1, 0.15) is 32.1 Å². The lowest BCUT2D eigenvalue weighted by Gasteiger charge is -2.30. The van der Waals surface area contributed by atoms with Crippen LogP contribution in [0.3, 0.4) is 0 Å². The third kappa shape index (κ3) is 1.84. The number of ether oxygens (including phenoxy) is 1. The molecule has 1 saturated heterocycles. The van der Waals surface area contributed by atoms with Crippen molar-refractivity contribution in [3.05, 3.63) is 0 Å². The number of aliphatic hydroxyl groups is 1. The van der Waals surface area contributed by atoms with Crippen LogP contribution in [0.25, 0.3) is 0 Å². The molecule has 0 aromatic heterocycles. The summed E-state index contributed by atoms with van der Waals surface area (Å²) in [4.78, 5) is 13.9. The molecular formula is C12H21NO3. The van der Waals surface area contributed by atoms with Crippen LogP contribution >= 0.6 is 0 Å². The van der Waals surface area contributed by atoms with Crippen LogP contribution in [0.2, 0.25) is 0 Å². The second-order valence-corrected chi connectivity index (χ2v) is 5.01. The van der Waals surface area contributed by atoms with E-state index in [2.05, 4.69) is 0 Å². The third-order valence-corrected chi connectivity index (χ3v) is 4.24. The Balaban J connectivity index is 2.00. The molecule has 1 heterocycles. The molecule has 2 fully saturated rings. The van der Waals surface area contributed by atoms with Crippen LogP contribution in [-0.2, 0) is 9.53 Å². The molecule has 4 heteroatoms. The van der Waals surface area contributed by atoms with E-state index in [9.17, 15) is 9.90 Å². The highest BCUT2D eigenvalue weighted by Gasteiger charge is 2.50. The van der Waals surface area contributed by atoms with E-state index >= 15 is 0 Å². The summed E-state index contributed by atoms with van der Waals surface area (Å²) in [6.45, 7) is 1.54. The number of carbonyl (C=O) groups is 1. The lowest BCUT2D eigenvalue weighted by molar-refractivity contribution is -0.133. The van der Waals surface area contributed by atoms with E-state index in [-0.39, 0.29) is 24.0 Å². The van der Waals surface area contributed by atoms with Crippen molar-refractivity contribution in [1.29, 1.82) is 0 Å². The highest BCUT2D eigenvalue weighted by molar-refractivity contribution is 5.77. The number of likely N-dealkylation sites (tertiary alicyclic amines) is 1. The highest BCUT2D eigenvalue weighted by Crippen LogP contribution is 2.48. The number of aliphatic hydroxyl groups excluding tert-OH is 1. The molecule has 0 spiro atoms. The van der Waals surface area contributed by atoms with Gasteiger partial charge in [-0.15, -0.1) is 0 Å². The number of hydrogen-bond acceptors (Lipinski definition) is 3. The minimum Gasteiger partial charge on any atom is -0.396 e. The van der Waals surface area contributed by atoms with E-state index in [1.54, 1.807) is 7.11 Å². The van der Waals surface area contributed by atoms with Gasteiger partial charge in [0.1, 0.15) is 0 Å². The van der Waals surface area contributed by atoms with Gasteiger partial charge in [0.15, 0.2) is 0 Å². The van der Waals surface area contributed by atoms with Crippen molar-refractivity contribution in [3.63, 3.8) is 0 Å². The zero-order chi connectivity index (χ0) is 11.6. The van der Waals surface area contributed by atoms with Crippen molar-refractivity contribution >= 4 is 5.91 Å². The molecule has 1 aliphatic carbocycles. The van der Waals surface area contributed by atoms with Crippen LogP contribution in [0, 0.1) is 5.41 Å². The first-order valence-electron chi connectivity index (χ1n) is 6.13. The Morgan fingerprint density at radius 2 is 2.38 bits per heavy atom. The number of amides is 1. The summed E-state index contributed by atoms with van der Waals surface area (Å²) < 4.78 is 4.94. The Labute approximate surface area is 96.6 Å². The minimum absolute atomic E-state index is 0.0166. The lowest BCUT2D eigenvalue weighted by Crippen LogP contribution is -2.41. The van der Waals surface area contributed by atoms with Gasteiger partial charge in [0, 0.05) is 25.1 Å². The smallest absolute Gasteiger partial charge is 0.225 e. The molecular weight excluding hydrogens is 206 g/mol. The van der Waals surface area contributed by atoms with Crippen LogP contribution in [0.15, 0.2) is 0 Å². The first-order chi connectivity index (χ1) is 7.73. The van der Waals surface area contributed by atoms with Gasteiger partial charge >= 0.3 is 0 Å². The maximum atomic E-state index is 12.0. The molecule has 1 saturated carbocycles. The monoisotopic (exact) mass is 227 g/mol. The summed E-state index contributed by atoms with van der Waals surface area (Å²) in [6.07, 6.45) is 4.70. The Bertz CT molecular complexity index is 269. The predicted molar refractivity (Wildman–Crippen MR) is 60.0 cm³/mol. The molecule has 1 aliphatic heterocycles.